The molecular weight excluding hydrogens is 174 g/mol. The zero-order valence-electron chi connectivity index (χ0n) is 6.90. The number of rotatable bonds is 1. The van der Waals surface area contributed by atoms with E-state index in [1.165, 1.54) is 0 Å². The maximum atomic E-state index is 11.1. The summed E-state index contributed by atoms with van der Waals surface area (Å²) >= 11 is 0. The van der Waals surface area contributed by atoms with Gasteiger partial charge in [-0.15, -0.1) is 6.42 Å². The molecule has 0 aromatic heterocycles. The summed E-state index contributed by atoms with van der Waals surface area (Å²) in [5, 5.41) is 8.71. The third-order valence-electron chi connectivity index (χ3n) is 1.80. The molecule has 0 saturated carbocycles. The molecular formula is C8H9NO4. The number of ether oxygens (including phenoxy) is 1. The van der Waals surface area contributed by atoms with Gasteiger partial charge < -0.3 is 14.7 Å². The Balaban J connectivity index is 2.74. The normalized spacial score (nSPS) is 22.1. The van der Waals surface area contributed by atoms with Crippen LogP contribution in [0.3, 0.4) is 0 Å². The predicted molar refractivity (Wildman–Crippen MR) is 42.8 cm³/mol. The van der Waals surface area contributed by atoms with E-state index in [4.69, 9.17) is 16.3 Å². The van der Waals surface area contributed by atoms with Crippen molar-refractivity contribution in [1.29, 1.82) is 0 Å². The first-order valence-electron chi connectivity index (χ1n) is 3.74. The monoisotopic (exact) mass is 183 g/mol. The zero-order valence-corrected chi connectivity index (χ0v) is 6.90. The van der Waals surface area contributed by atoms with Gasteiger partial charge in [0.2, 0.25) is 0 Å². The minimum atomic E-state index is -1.09. The van der Waals surface area contributed by atoms with Crippen molar-refractivity contribution in [2.75, 3.05) is 19.8 Å². The first kappa shape index (κ1) is 9.55. The fraction of sp³-hybridized carbons (Fsp3) is 0.500. The average molecular weight is 183 g/mol. The summed E-state index contributed by atoms with van der Waals surface area (Å²) in [4.78, 5) is 22.8. The lowest BCUT2D eigenvalue weighted by atomic mass is 10.2. The molecule has 1 atom stereocenters. The highest BCUT2D eigenvalue weighted by molar-refractivity contribution is 5.95. The van der Waals surface area contributed by atoms with Crippen molar-refractivity contribution in [1.82, 2.24) is 4.90 Å². The molecule has 5 heteroatoms. The maximum Gasteiger partial charge on any atom is 0.328 e. The summed E-state index contributed by atoms with van der Waals surface area (Å²) in [7, 11) is 0. The third-order valence-corrected chi connectivity index (χ3v) is 1.80. The van der Waals surface area contributed by atoms with Gasteiger partial charge in [0.15, 0.2) is 6.04 Å². The highest BCUT2D eigenvalue weighted by atomic mass is 16.5. The highest BCUT2D eigenvalue weighted by Crippen LogP contribution is 2.06. The molecule has 1 rings (SSSR count). The van der Waals surface area contributed by atoms with Gasteiger partial charge in [0, 0.05) is 6.54 Å². The van der Waals surface area contributed by atoms with E-state index >= 15 is 0 Å². The summed E-state index contributed by atoms with van der Waals surface area (Å²) in [6.07, 6.45) is 4.89. The van der Waals surface area contributed by atoms with Gasteiger partial charge in [-0.1, -0.05) is 0 Å². The van der Waals surface area contributed by atoms with Crippen LogP contribution in [0.25, 0.3) is 0 Å². The van der Waals surface area contributed by atoms with Gasteiger partial charge in [0.05, 0.1) is 13.2 Å². The Labute approximate surface area is 75.3 Å². The molecule has 1 saturated heterocycles. The van der Waals surface area contributed by atoms with Crippen LogP contribution in [-0.4, -0.2) is 47.7 Å². The van der Waals surface area contributed by atoms with Crippen molar-refractivity contribution in [3.63, 3.8) is 0 Å². The number of hydrogen-bond acceptors (Lipinski definition) is 3. The van der Waals surface area contributed by atoms with Gasteiger partial charge >= 0.3 is 5.97 Å². The Bertz CT molecular complexity index is 268. The fourth-order valence-electron chi connectivity index (χ4n) is 1.13. The highest BCUT2D eigenvalue weighted by Gasteiger charge is 2.31. The van der Waals surface area contributed by atoms with Crippen LogP contribution in [-0.2, 0) is 14.3 Å². The molecule has 1 N–H and O–H groups in total. The van der Waals surface area contributed by atoms with Crippen molar-refractivity contribution >= 4 is 11.9 Å². The van der Waals surface area contributed by atoms with Crippen LogP contribution in [0.15, 0.2) is 0 Å². The molecule has 0 aromatic carbocycles. The molecule has 13 heavy (non-hydrogen) atoms. The van der Waals surface area contributed by atoms with Gasteiger partial charge in [-0.3, -0.25) is 4.79 Å². The van der Waals surface area contributed by atoms with Crippen molar-refractivity contribution in [2.24, 2.45) is 0 Å². The number of morpholine rings is 1. The lowest BCUT2D eigenvalue weighted by Gasteiger charge is -2.31. The Hall–Kier alpha value is -1.54. The number of amides is 1. The fourth-order valence-corrected chi connectivity index (χ4v) is 1.13. The molecule has 0 radical (unpaired) electrons. The third kappa shape index (κ3) is 1.98. The van der Waals surface area contributed by atoms with Crippen LogP contribution in [0.1, 0.15) is 0 Å². The van der Waals surface area contributed by atoms with Gasteiger partial charge in [0.1, 0.15) is 0 Å². The summed E-state index contributed by atoms with van der Waals surface area (Å²) in [5.74, 6) is 0.192. The number of aliphatic carboxylic acids is 1. The van der Waals surface area contributed by atoms with Crippen LogP contribution < -0.4 is 0 Å². The van der Waals surface area contributed by atoms with Gasteiger partial charge in [0.25, 0.3) is 5.91 Å². The molecule has 0 spiro atoms. The quantitative estimate of drug-likeness (QED) is 0.526. The second-order valence-corrected chi connectivity index (χ2v) is 2.57. The standard InChI is InChI=1S/C8H9NO4/c1-2-7(10)9-3-4-13-5-6(9)8(11)12/h1,6H,3-5H2,(H,11,12). The van der Waals surface area contributed by atoms with E-state index in [0.29, 0.717) is 6.61 Å². The summed E-state index contributed by atoms with van der Waals surface area (Å²) < 4.78 is 4.92. The number of carbonyl (C=O) groups is 2. The first-order chi connectivity index (χ1) is 6.16. The molecule has 0 aromatic rings. The number of nitrogens with zero attached hydrogens (tertiary/aromatic N) is 1. The van der Waals surface area contributed by atoms with E-state index in [1.54, 1.807) is 0 Å². The first-order valence-corrected chi connectivity index (χ1v) is 3.74. The summed E-state index contributed by atoms with van der Waals surface area (Å²) in [6.45, 7) is 0.569. The predicted octanol–water partition coefficient (Wildman–Crippen LogP) is -1.07. The van der Waals surface area contributed by atoms with Crippen molar-refractivity contribution in [2.45, 2.75) is 6.04 Å². The Kier molecular flexibility index (Phi) is 2.88. The number of hydrogen-bond donors (Lipinski definition) is 1. The molecule has 5 nitrogen and oxygen atoms in total. The Morgan fingerprint density at radius 3 is 2.85 bits per heavy atom. The molecule has 1 aliphatic rings. The minimum Gasteiger partial charge on any atom is -0.480 e. The summed E-state index contributed by atoms with van der Waals surface area (Å²) in [6, 6.07) is -0.947. The minimum absolute atomic E-state index is 0.00273. The second-order valence-electron chi connectivity index (χ2n) is 2.57. The van der Waals surface area contributed by atoms with Crippen molar-refractivity contribution in [3.05, 3.63) is 0 Å². The van der Waals surface area contributed by atoms with E-state index in [1.807, 2.05) is 5.92 Å². The Morgan fingerprint density at radius 2 is 2.31 bits per heavy atom. The zero-order chi connectivity index (χ0) is 9.84. The van der Waals surface area contributed by atoms with Gasteiger partial charge in [-0.05, 0) is 5.92 Å². The van der Waals surface area contributed by atoms with E-state index < -0.39 is 17.9 Å². The summed E-state index contributed by atoms with van der Waals surface area (Å²) in [5.41, 5.74) is 0. The average Bonchev–Trinajstić information content (AvgIpc) is 2.16. The van der Waals surface area contributed by atoms with E-state index in [0.717, 1.165) is 4.90 Å². The van der Waals surface area contributed by atoms with Crippen molar-refractivity contribution < 1.29 is 19.4 Å². The van der Waals surface area contributed by atoms with Crippen LogP contribution in [0.5, 0.6) is 0 Å². The number of carbonyl (C=O) groups excluding carboxylic acids is 1. The molecule has 1 aliphatic heterocycles. The number of carboxylic acid groups (broad SMARTS) is 1. The SMILES string of the molecule is C#CC(=O)N1CCOCC1C(=O)O. The number of carboxylic acids is 1. The lowest BCUT2D eigenvalue weighted by Crippen LogP contribution is -2.52. The second kappa shape index (κ2) is 3.92. The lowest BCUT2D eigenvalue weighted by molar-refractivity contribution is -0.155. The molecule has 1 heterocycles. The molecule has 1 amide bonds. The van der Waals surface area contributed by atoms with Crippen LogP contribution in [0, 0.1) is 12.3 Å². The smallest absolute Gasteiger partial charge is 0.328 e. The van der Waals surface area contributed by atoms with E-state index in [2.05, 4.69) is 0 Å². The molecule has 0 aliphatic carbocycles. The van der Waals surface area contributed by atoms with Gasteiger partial charge in [-0.25, -0.2) is 4.79 Å². The molecule has 70 valence electrons. The van der Waals surface area contributed by atoms with Crippen LogP contribution >= 0.6 is 0 Å². The number of terminal acetylenes is 1. The molecule has 0 bridgehead atoms. The topological polar surface area (TPSA) is 66.8 Å². The van der Waals surface area contributed by atoms with Crippen molar-refractivity contribution in [3.8, 4) is 12.3 Å². The van der Waals surface area contributed by atoms with E-state index in [-0.39, 0.29) is 13.2 Å². The van der Waals surface area contributed by atoms with Crippen LogP contribution in [0.2, 0.25) is 0 Å². The molecule has 1 unspecified atom stereocenters. The molecule has 1 fully saturated rings. The maximum absolute atomic E-state index is 11.1. The van der Waals surface area contributed by atoms with E-state index in [9.17, 15) is 9.59 Å². The Morgan fingerprint density at radius 1 is 1.62 bits per heavy atom. The largest absolute Gasteiger partial charge is 0.480 e. The van der Waals surface area contributed by atoms with Crippen LogP contribution in [0.4, 0.5) is 0 Å². The van der Waals surface area contributed by atoms with Gasteiger partial charge in [-0.2, -0.15) is 0 Å².